The fourth-order valence-corrected chi connectivity index (χ4v) is 3.51. The fourth-order valence-electron chi connectivity index (χ4n) is 3.40. The minimum Gasteiger partial charge on any atom is -0.319 e. The van der Waals surface area contributed by atoms with Gasteiger partial charge in [0.1, 0.15) is 5.54 Å². The highest BCUT2D eigenvalue weighted by molar-refractivity contribution is 6.30. The van der Waals surface area contributed by atoms with Crippen LogP contribution in [0.25, 0.3) is 0 Å². The molecule has 2 aliphatic rings. The second kappa shape index (κ2) is 5.06. The molecular formula is C17H14ClN3O2. The molecule has 1 N–H and O–H groups in total. The number of halogens is 1. The molecule has 0 saturated carbocycles. The van der Waals surface area contributed by atoms with Crippen molar-refractivity contribution in [2.24, 2.45) is 0 Å². The molecule has 3 amide bonds. The first-order chi connectivity index (χ1) is 11.1. The summed E-state index contributed by atoms with van der Waals surface area (Å²) in [5, 5.41) is 3.42. The summed E-state index contributed by atoms with van der Waals surface area (Å²) in [7, 11) is 0. The van der Waals surface area contributed by atoms with Crippen molar-refractivity contribution in [2.75, 3.05) is 0 Å². The van der Waals surface area contributed by atoms with E-state index in [2.05, 4.69) is 10.3 Å². The van der Waals surface area contributed by atoms with Crippen LogP contribution in [0.5, 0.6) is 0 Å². The summed E-state index contributed by atoms with van der Waals surface area (Å²) in [6, 6.07) is 10.8. The van der Waals surface area contributed by atoms with Gasteiger partial charge >= 0.3 is 6.03 Å². The first kappa shape index (κ1) is 14.2. The quantitative estimate of drug-likeness (QED) is 0.862. The van der Waals surface area contributed by atoms with Crippen LogP contribution in [-0.4, -0.2) is 21.8 Å². The Labute approximate surface area is 138 Å². The molecule has 2 heterocycles. The average Bonchev–Trinajstić information content (AvgIpc) is 3.04. The molecule has 1 aliphatic heterocycles. The van der Waals surface area contributed by atoms with Crippen molar-refractivity contribution in [3.8, 4) is 0 Å². The largest absolute Gasteiger partial charge is 0.325 e. The highest BCUT2D eigenvalue weighted by Crippen LogP contribution is 2.41. The van der Waals surface area contributed by atoms with Gasteiger partial charge in [-0.25, -0.2) is 4.79 Å². The van der Waals surface area contributed by atoms with Crippen LogP contribution in [0.15, 0.2) is 42.6 Å². The number of fused-ring (bicyclic) bond motifs is 2. The van der Waals surface area contributed by atoms with Gasteiger partial charge in [-0.05, 0) is 36.1 Å². The van der Waals surface area contributed by atoms with E-state index in [1.165, 1.54) is 11.1 Å². The maximum atomic E-state index is 13.0. The van der Waals surface area contributed by atoms with E-state index in [1.54, 1.807) is 12.1 Å². The maximum Gasteiger partial charge on any atom is 0.325 e. The van der Waals surface area contributed by atoms with E-state index in [4.69, 9.17) is 11.6 Å². The van der Waals surface area contributed by atoms with Crippen molar-refractivity contribution in [1.29, 1.82) is 0 Å². The number of aryl methyl sites for hydroxylation is 1. The molecule has 116 valence electrons. The molecule has 1 saturated heterocycles. The van der Waals surface area contributed by atoms with Crippen LogP contribution in [-0.2, 0) is 23.3 Å². The first-order valence-corrected chi connectivity index (χ1v) is 7.81. The van der Waals surface area contributed by atoms with E-state index in [0.29, 0.717) is 17.1 Å². The van der Waals surface area contributed by atoms with Gasteiger partial charge in [0.2, 0.25) is 0 Å². The van der Waals surface area contributed by atoms with E-state index in [1.807, 2.05) is 24.3 Å². The highest BCUT2D eigenvalue weighted by Gasteiger charge is 2.55. The number of rotatable bonds is 2. The zero-order valence-corrected chi connectivity index (χ0v) is 13.0. The molecule has 0 radical (unpaired) electrons. The van der Waals surface area contributed by atoms with Gasteiger partial charge in [-0.1, -0.05) is 35.9 Å². The molecule has 23 heavy (non-hydrogen) atoms. The zero-order chi connectivity index (χ0) is 16.0. The number of amides is 3. The number of pyridine rings is 1. The molecule has 6 heteroatoms. The van der Waals surface area contributed by atoms with Crippen LogP contribution in [0.3, 0.4) is 0 Å². The smallest absolute Gasteiger partial charge is 0.319 e. The normalized spacial score (nSPS) is 22.6. The van der Waals surface area contributed by atoms with Crippen molar-refractivity contribution in [2.45, 2.75) is 24.9 Å². The number of hydrogen-bond donors (Lipinski definition) is 1. The molecule has 1 atom stereocenters. The Morgan fingerprint density at radius 2 is 2.04 bits per heavy atom. The Bertz CT molecular complexity index is 806. The van der Waals surface area contributed by atoms with Crippen molar-refractivity contribution in [1.82, 2.24) is 15.2 Å². The number of benzene rings is 1. The lowest BCUT2D eigenvalue weighted by molar-refractivity contribution is -0.132. The van der Waals surface area contributed by atoms with Gasteiger partial charge in [-0.3, -0.25) is 14.7 Å². The lowest BCUT2D eigenvalue weighted by Gasteiger charge is -2.22. The Morgan fingerprint density at radius 3 is 2.83 bits per heavy atom. The van der Waals surface area contributed by atoms with Crippen LogP contribution < -0.4 is 5.32 Å². The number of nitrogens with zero attached hydrogens (tertiary/aromatic N) is 2. The Kier molecular flexibility index (Phi) is 3.13. The standard InChI is InChI=1S/C17H14ClN3O2/c18-12-5-6-13(19-9-12)10-21-15(22)17(20-16(21)23)8-7-11-3-1-2-4-14(11)17/h1-6,9H,7-8,10H2,(H,20,23). The highest BCUT2D eigenvalue weighted by atomic mass is 35.5. The van der Waals surface area contributed by atoms with Gasteiger partial charge in [0.15, 0.2) is 0 Å². The van der Waals surface area contributed by atoms with Crippen molar-refractivity contribution in [3.63, 3.8) is 0 Å². The zero-order valence-electron chi connectivity index (χ0n) is 12.3. The molecule has 1 aromatic carbocycles. The summed E-state index contributed by atoms with van der Waals surface area (Å²) in [5.74, 6) is -0.204. The molecule has 1 fully saturated rings. The Hall–Kier alpha value is -2.40. The summed E-state index contributed by atoms with van der Waals surface area (Å²) in [4.78, 5) is 30.7. The second-order valence-electron chi connectivity index (χ2n) is 5.85. The van der Waals surface area contributed by atoms with Crippen LogP contribution in [0, 0.1) is 0 Å². The third-order valence-electron chi connectivity index (χ3n) is 4.53. The van der Waals surface area contributed by atoms with Gasteiger partial charge < -0.3 is 5.32 Å². The van der Waals surface area contributed by atoms with Gasteiger partial charge in [-0.2, -0.15) is 0 Å². The monoisotopic (exact) mass is 327 g/mol. The summed E-state index contributed by atoms with van der Waals surface area (Å²) in [6.07, 6.45) is 2.90. The molecule has 1 spiro atoms. The number of carbonyl (C=O) groups excluding carboxylic acids is 2. The van der Waals surface area contributed by atoms with Gasteiger partial charge in [-0.15, -0.1) is 0 Å². The minimum absolute atomic E-state index is 0.145. The van der Waals surface area contributed by atoms with E-state index in [-0.39, 0.29) is 18.5 Å². The first-order valence-electron chi connectivity index (χ1n) is 7.43. The third kappa shape index (κ3) is 2.11. The number of imide groups is 1. The fraction of sp³-hybridized carbons (Fsp3) is 0.235. The van der Waals surface area contributed by atoms with Crippen molar-refractivity contribution < 1.29 is 9.59 Å². The van der Waals surface area contributed by atoms with Crippen molar-refractivity contribution >= 4 is 23.5 Å². The van der Waals surface area contributed by atoms with Crippen LogP contribution >= 0.6 is 11.6 Å². The summed E-state index contributed by atoms with van der Waals surface area (Å²) < 4.78 is 0. The molecule has 0 bridgehead atoms. The molecule has 1 aliphatic carbocycles. The number of aromatic nitrogens is 1. The van der Waals surface area contributed by atoms with E-state index in [0.717, 1.165) is 17.5 Å². The van der Waals surface area contributed by atoms with Crippen LogP contribution in [0.1, 0.15) is 23.2 Å². The van der Waals surface area contributed by atoms with E-state index >= 15 is 0 Å². The lowest BCUT2D eigenvalue weighted by Crippen LogP contribution is -2.41. The van der Waals surface area contributed by atoms with Gasteiger partial charge in [0.05, 0.1) is 17.3 Å². The molecule has 2 aromatic rings. The van der Waals surface area contributed by atoms with Gasteiger partial charge in [0, 0.05) is 6.20 Å². The average molecular weight is 328 g/mol. The summed E-state index contributed by atoms with van der Waals surface area (Å²) in [6.45, 7) is 0.145. The topological polar surface area (TPSA) is 62.3 Å². The van der Waals surface area contributed by atoms with Crippen LogP contribution in [0.2, 0.25) is 5.02 Å². The number of urea groups is 1. The SMILES string of the molecule is O=C1NC2(CCc3ccccc32)C(=O)N1Cc1ccc(Cl)cn1. The lowest BCUT2D eigenvalue weighted by atomic mass is 9.92. The summed E-state index contributed by atoms with van der Waals surface area (Å²) in [5.41, 5.74) is 1.74. The molecule has 1 aromatic heterocycles. The molecule has 1 unspecified atom stereocenters. The third-order valence-corrected chi connectivity index (χ3v) is 4.75. The number of nitrogens with one attached hydrogen (secondary N) is 1. The molecular weight excluding hydrogens is 314 g/mol. The predicted molar refractivity (Wildman–Crippen MR) is 84.8 cm³/mol. The number of carbonyl (C=O) groups is 2. The predicted octanol–water partition coefficient (Wildman–Crippen LogP) is 2.63. The number of hydrogen-bond acceptors (Lipinski definition) is 3. The minimum atomic E-state index is -0.917. The van der Waals surface area contributed by atoms with E-state index < -0.39 is 5.54 Å². The van der Waals surface area contributed by atoms with E-state index in [9.17, 15) is 9.59 Å². The summed E-state index contributed by atoms with van der Waals surface area (Å²) >= 11 is 5.82. The van der Waals surface area contributed by atoms with Crippen LogP contribution in [0.4, 0.5) is 4.79 Å². The molecule has 4 rings (SSSR count). The maximum absolute atomic E-state index is 13.0. The second-order valence-corrected chi connectivity index (χ2v) is 6.29. The Morgan fingerprint density at radius 1 is 1.22 bits per heavy atom. The van der Waals surface area contributed by atoms with Gasteiger partial charge in [0.25, 0.3) is 5.91 Å². The Balaban J connectivity index is 1.66. The molecule has 5 nitrogen and oxygen atoms in total. The van der Waals surface area contributed by atoms with Crippen molar-refractivity contribution in [3.05, 3.63) is 64.4 Å².